The Balaban J connectivity index is 1.48. The lowest BCUT2D eigenvalue weighted by Gasteiger charge is -2.39. The highest BCUT2D eigenvalue weighted by Crippen LogP contribution is 2.41. The molecule has 3 saturated carbocycles. The van der Waals surface area contributed by atoms with Crippen LogP contribution in [0.3, 0.4) is 0 Å². The van der Waals surface area contributed by atoms with Crippen molar-refractivity contribution >= 4 is 17.8 Å². The van der Waals surface area contributed by atoms with Gasteiger partial charge in [-0.15, -0.1) is 0 Å². The summed E-state index contributed by atoms with van der Waals surface area (Å²) in [6, 6.07) is 0.275. The van der Waals surface area contributed by atoms with Crippen molar-refractivity contribution < 1.29 is 14.7 Å². The molecule has 7 nitrogen and oxygen atoms in total. The lowest BCUT2D eigenvalue weighted by Crippen LogP contribution is -2.43. The molecular weight excluding hydrogens is 380 g/mol. The lowest BCUT2D eigenvalue weighted by atomic mass is 9.68. The molecule has 170 valence electrons. The number of carboxylic acid groups (broad SMARTS) is 1. The van der Waals surface area contributed by atoms with E-state index in [1.165, 1.54) is 32.1 Å². The Labute approximate surface area is 180 Å². The highest BCUT2D eigenvalue weighted by molar-refractivity contribution is 5.79. The Hall–Kier alpha value is -1.79. The van der Waals surface area contributed by atoms with Crippen molar-refractivity contribution in [2.24, 2.45) is 40.1 Å². The minimum atomic E-state index is -0.659. The number of carboxylic acids is 1. The highest BCUT2D eigenvalue weighted by Gasteiger charge is 2.36. The molecule has 0 spiro atoms. The zero-order chi connectivity index (χ0) is 21.5. The first-order valence-corrected chi connectivity index (χ1v) is 12.0. The van der Waals surface area contributed by atoms with E-state index in [-0.39, 0.29) is 29.9 Å². The second-order valence-electron chi connectivity index (χ2n) is 9.85. The molecular formula is C23H40N4O3. The average Bonchev–Trinajstić information content (AvgIpc) is 2.73. The molecule has 0 radical (unpaired) electrons. The van der Waals surface area contributed by atoms with Gasteiger partial charge in [0.2, 0.25) is 5.91 Å². The van der Waals surface area contributed by atoms with E-state index in [4.69, 9.17) is 11.5 Å². The van der Waals surface area contributed by atoms with Crippen LogP contribution in [0, 0.1) is 23.7 Å². The van der Waals surface area contributed by atoms with Crippen LogP contribution in [0.1, 0.15) is 89.9 Å². The molecule has 1 amide bonds. The summed E-state index contributed by atoms with van der Waals surface area (Å²) in [6.07, 6.45) is 14.0. The molecule has 3 aliphatic carbocycles. The molecule has 0 aromatic heterocycles. The van der Waals surface area contributed by atoms with Crippen LogP contribution in [0.5, 0.6) is 0 Å². The number of nitrogens with zero attached hydrogens (tertiary/aromatic N) is 1. The SMILES string of the molecule is NC(N)=NC1CCCC(C(=O)NC2CCC(C(CC(=O)O)C3CCCCC3)CC2)C1. The summed E-state index contributed by atoms with van der Waals surface area (Å²) in [7, 11) is 0. The second-order valence-corrected chi connectivity index (χ2v) is 9.85. The summed E-state index contributed by atoms with van der Waals surface area (Å²) in [6.45, 7) is 0. The topological polar surface area (TPSA) is 131 Å². The van der Waals surface area contributed by atoms with E-state index in [1.807, 2.05) is 0 Å². The normalized spacial score (nSPS) is 31.5. The van der Waals surface area contributed by atoms with Gasteiger partial charge >= 0.3 is 5.97 Å². The number of rotatable bonds is 7. The molecule has 3 fully saturated rings. The lowest BCUT2D eigenvalue weighted by molar-refractivity contribution is -0.139. The summed E-state index contributed by atoms with van der Waals surface area (Å²) >= 11 is 0. The zero-order valence-corrected chi connectivity index (χ0v) is 18.2. The molecule has 0 aromatic rings. The van der Waals surface area contributed by atoms with E-state index >= 15 is 0 Å². The molecule has 0 aromatic carbocycles. The predicted octanol–water partition coefficient (Wildman–Crippen LogP) is 3.16. The molecule has 6 N–H and O–H groups in total. The van der Waals surface area contributed by atoms with E-state index in [0.29, 0.717) is 24.2 Å². The van der Waals surface area contributed by atoms with Gasteiger partial charge in [0, 0.05) is 18.4 Å². The van der Waals surface area contributed by atoms with Gasteiger partial charge in [0.1, 0.15) is 0 Å². The minimum absolute atomic E-state index is 0.00780. The van der Waals surface area contributed by atoms with Gasteiger partial charge in [-0.2, -0.15) is 0 Å². The van der Waals surface area contributed by atoms with Crippen molar-refractivity contribution in [3.63, 3.8) is 0 Å². The smallest absolute Gasteiger partial charge is 0.303 e. The van der Waals surface area contributed by atoms with Crippen LogP contribution in [0.2, 0.25) is 0 Å². The van der Waals surface area contributed by atoms with E-state index in [0.717, 1.165) is 51.4 Å². The zero-order valence-electron chi connectivity index (χ0n) is 18.2. The fourth-order valence-electron chi connectivity index (χ4n) is 6.22. The standard InChI is InChI=1S/C23H40N4O3/c24-23(25)27-19-8-4-7-17(13-19)22(30)26-18-11-9-16(10-12-18)20(14-21(28)29)15-5-2-1-3-6-15/h15-20H,1-14H2,(H,26,30)(H,28,29)(H4,24,25,27). The van der Waals surface area contributed by atoms with Gasteiger partial charge in [-0.05, 0) is 62.7 Å². The third-order valence-electron chi connectivity index (χ3n) is 7.74. The van der Waals surface area contributed by atoms with Crippen LogP contribution in [0.4, 0.5) is 0 Å². The van der Waals surface area contributed by atoms with E-state index < -0.39 is 5.97 Å². The van der Waals surface area contributed by atoms with Gasteiger partial charge in [0.15, 0.2) is 5.96 Å². The van der Waals surface area contributed by atoms with Gasteiger partial charge in [-0.25, -0.2) is 0 Å². The number of aliphatic imine (C=N–C) groups is 1. The van der Waals surface area contributed by atoms with Crippen molar-refractivity contribution in [3.8, 4) is 0 Å². The summed E-state index contributed by atoms with van der Waals surface area (Å²) < 4.78 is 0. The number of hydrogen-bond donors (Lipinski definition) is 4. The van der Waals surface area contributed by atoms with Gasteiger partial charge in [-0.1, -0.05) is 38.5 Å². The van der Waals surface area contributed by atoms with Crippen LogP contribution in [0.15, 0.2) is 4.99 Å². The molecule has 0 heterocycles. The Morgan fingerprint density at radius 2 is 1.57 bits per heavy atom. The molecule has 0 bridgehead atoms. The maximum Gasteiger partial charge on any atom is 0.303 e. The number of nitrogens with two attached hydrogens (primary N) is 2. The quantitative estimate of drug-likeness (QED) is 0.371. The monoisotopic (exact) mass is 420 g/mol. The number of hydrogen-bond acceptors (Lipinski definition) is 3. The number of guanidine groups is 1. The van der Waals surface area contributed by atoms with Crippen molar-refractivity contribution in [1.82, 2.24) is 5.32 Å². The molecule has 3 aliphatic rings. The average molecular weight is 421 g/mol. The summed E-state index contributed by atoms with van der Waals surface area (Å²) in [4.78, 5) is 28.6. The van der Waals surface area contributed by atoms with Crippen LogP contribution < -0.4 is 16.8 Å². The first-order valence-electron chi connectivity index (χ1n) is 12.0. The van der Waals surface area contributed by atoms with E-state index in [9.17, 15) is 14.7 Å². The summed E-state index contributed by atoms with van der Waals surface area (Å²) in [5, 5.41) is 12.7. The van der Waals surface area contributed by atoms with Gasteiger partial charge in [0.05, 0.1) is 6.04 Å². The fourth-order valence-corrected chi connectivity index (χ4v) is 6.22. The first kappa shape index (κ1) is 22.9. The molecule has 3 atom stereocenters. The highest BCUT2D eigenvalue weighted by atomic mass is 16.4. The second kappa shape index (κ2) is 11.0. The molecule has 0 aliphatic heterocycles. The predicted molar refractivity (Wildman–Crippen MR) is 118 cm³/mol. The van der Waals surface area contributed by atoms with Crippen LogP contribution >= 0.6 is 0 Å². The third-order valence-corrected chi connectivity index (χ3v) is 7.74. The molecule has 3 unspecified atom stereocenters. The van der Waals surface area contributed by atoms with E-state index in [2.05, 4.69) is 10.3 Å². The fraction of sp³-hybridized carbons (Fsp3) is 0.870. The maximum absolute atomic E-state index is 12.8. The van der Waals surface area contributed by atoms with Crippen LogP contribution in [-0.2, 0) is 9.59 Å². The van der Waals surface area contributed by atoms with Gasteiger partial charge < -0.3 is 21.9 Å². The molecule has 3 rings (SSSR count). The number of carbonyl (C=O) groups excluding carboxylic acids is 1. The maximum atomic E-state index is 12.8. The Kier molecular flexibility index (Phi) is 8.40. The summed E-state index contributed by atoms with van der Waals surface area (Å²) in [5.41, 5.74) is 11.0. The Morgan fingerprint density at radius 1 is 0.900 bits per heavy atom. The van der Waals surface area contributed by atoms with Crippen LogP contribution in [0.25, 0.3) is 0 Å². The van der Waals surface area contributed by atoms with Gasteiger partial charge in [0.25, 0.3) is 0 Å². The van der Waals surface area contributed by atoms with E-state index in [1.54, 1.807) is 0 Å². The number of amides is 1. The number of aliphatic carboxylic acids is 1. The van der Waals surface area contributed by atoms with Crippen molar-refractivity contribution in [2.75, 3.05) is 0 Å². The molecule has 30 heavy (non-hydrogen) atoms. The molecule has 7 heteroatoms. The Morgan fingerprint density at radius 3 is 2.20 bits per heavy atom. The largest absolute Gasteiger partial charge is 0.481 e. The summed E-state index contributed by atoms with van der Waals surface area (Å²) in [5.74, 6) is 0.939. The number of nitrogens with one attached hydrogen (secondary N) is 1. The molecule has 0 saturated heterocycles. The minimum Gasteiger partial charge on any atom is -0.481 e. The Bertz CT molecular complexity index is 606. The van der Waals surface area contributed by atoms with Crippen LogP contribution in [-0.4, -0.2) is 35.0 Å². The third kappa shape index (κ3) is 6.61. The van der Waals surface area contributed by atoms with Gasteiger partial charge in [-0.3, -0.25) is 14.6 Å². The van der Waals surface area contributed by atoms with Crippen molar-refractivity contribution in [2.45, 2.75) is 102 Å². The number of carbonyl (C=O) groups is 2. The van der Waals surface area contributed by atoms with Crippen molar-refractivity contribution in [1.29, 1.82) is 0 Å². The first-order chi connectivity index (χ1) is 14.4. The van der Waals surface area contributed by atoms with Crippen molar-refractivity contribution in [3.05, 3.63) is 0 Å².